The number of thioether (sulfide) groups is 1. The van der Waals surface area contributed by atoms with Crippen LogP contribution in [0.25, 0.3) is 10.2 Å². The average Bonchev–Trinajstić information content (AvgIpc) is 3.20. The number of thiazole rings is 1. The number of halogens is 4. The van der Waals surface area contributed by atoms with E-state index in [0.29, 0.717) is 15.6 Å². The predicted molar refractivity (Wildman–Crippen MR) is 133 cm³/mol. The number of rotatable bonds is 6. The zero-order valence-corrected chi connectivity index (χ0v) is 20.4. The monoisotopic (exact) mass is 565 g/mol. The first-order valence-corrected chi connectivity index (χ1v) is 12.3. The average molecular weight is 566 g/mol. The maximum absolute atomic E-state index is 13.1. The molecule has 34 heavy (non-hydrogen) atoms. The Morgan fingerprint density at radius 3 is 2.76 bits per heavy atom. The Balaban J connectivity index is 1.42. The second kappa shape index (κ2) is 10.2. The third kappa shape index (κ3) is 5.96. The van der Waals surface area contributed by atoms with Gasteiger partial charge in [-0.2, -0.15) is 13.2 Å². The first-order valence-electron chi connectivity index (χ1n) is 9.71. The van der Waals surface area contributed by atoms with Crippen molar-refractivity contribution in [2.45, 2.75) is 10.5 Å². The van der Waals surface area contributed by atoms with Crippen molar-refractivity contribution in [3.8, 4) is 5.75 Å². The molecule has 0 aliphatic rings. The fourth-order valence-electron chi connectivity index (χ4n) is 2.96. The van der Waals surface area contributed by atoms with Crippen LogP contribution in [0.3, 0.4) is 0 Å². The molecule has 0 spiro atoms. The van der Waals surface area contributed by atoms with E-state index < -0.39 is 17.6 Å². The minimum Gasteiger partial charge on any atom is -0.507 e. The second-order valence-electron chi connectivity index (χ2n) is 6.97. The highest BCUT2D eigenvalue weighted by Gasteiger charge is 2.33. The van der Waals surface area contributed by atoms with Gasteiger partial charge in [-0.15, -0.1) is 11.3 Å². The summed E-state index contributed by atoms with van der Waals surface area (Å²) in [7, 11) is 0. The Labute approximate surface area is 208 Å². The first kappa shape index (κ1) is 24.2. The highest BCUT2D eigenvalue weighted by Crippen LogP contribution is 2.35. The fraction of sp³-hybridized carbons (Fsp3) is 0.0870. The van der Waals surface area contributed by atoms with E-state index in [2.05, 4.69) is 31.2 Å². The molecule has 0 fully saturated rings. The number of fused-ring (bicyclic) bond motifs is 1. The summed E-state index contributed by atoms with van der Waals surface area (Å²) in [4.78, 5) is 21.1. The Morgan fingerprint density at radius 2 is 1.97 bits per heavy atom. The number of aromatic nitrogens is 1. The lowest BCUT2D eigenvalue weighted by molar-refractivity contribution is -0.137. The number of amides is 1. The fourth-order valence-corrected chi connectivity index (χ4v) is 5.24. The van der Waals surface area contributed by atoms with E-state index in [4.69, 9.17) is 0 Å². The van der Waals surface area contributed by atoms with Crippen molar-refractivity contribution in [1.82, 2.24) is 4.98 Å². The Bertz CT molecular complexity index is 1390. The molecule has 4 aromatic rings. The molecule has 1 aromatic heterocycles. The molecular weight excluding hydrogens is 551 g/mol. The molecular formula is C23H15BrF3N3O2S2. The van der Waals surface area contributed by atoms with Gasteiger partial charge in [-0.25, -0.2) is 4.98 Å². The van der Waals surface area contributed by atoms with Gasteiger partial charge in [-0.05, 0) is 48.5 Å². The number of alkyl halides is 3. The molecule has 1 heterocycles. The maximum Gasteiger partial charge on any atom is 0.418 e. The number of aromatic hydroxyl groups is 1. The van der Waals surface area contributed by atoms with Crippen LogP contribution < -0.4 is 5.32 Å². The van der Waals surface area contributed by atoms with Crippen LogP contribution in [0, 0.1) is 0 Å². The molecule has 0 aliphatic carbocycles. The van der Waals surface area contributed by atoms with Gasteiger partial charge in [0, 0.05) is 16.3 Å². The maximum atomic E-state index is 13.1. The number of phenolic OH excluding ortho intramolecular Hbond substituents is 1. The molecule has 3 aromatic carbocycles. The van der Waals surface area contributed by atoms with Crippen LogP contribution in [0.4, 0.5) is 24.5 Å². The topological polar surface area (TPSA) is 74.6 Å². The number of nitrogens with one attached hydrogen (secondary N) is 1. The lowest BCUT2D eigenvalue weighted by Gasteiger charge is -2.13. The summed E-state index contributed by atoms with van der Waals surface area (Å²) in [5.74, 6) is -0.528. The minimum atomic E-state index is -4.56. The molecule has 0 saturated heterocycles. The standard InChI is InChI=1S/C23H15BrF3N3O2S2/c24-14-5-8-19(31)13(9-14)11-28-15-6-7-18-20(10-15)34-22(30-18)33-12-21(32)29-17-4-2-1-3-16(17)23(25,26)27/h1-11,31H,12H2,(H,29,32). The summed E-state index contributed by atoms with van der Waals surface area (Å²) in [5.41, 5.74) is 0.780. The summed E-state index contributed by atoms with van der Waals surface area (Å²) >= 11 is 5.85. The van der Waals surface area contributed by atoms with Crippen LogP contribution in [0.15, 0.2) is 74.5 Å². The highest BCUT2D eigenvalue weighted by molar-refractivity contribution is 9.10. The largest absolute Gasteiger partial charge is 0.507 e. The molecule has 0 saturated carbocycles. The van der Waals surface area contributed by atoms with Gasteiger partial charge < -0.3 is 10.4 Å². The van der Waals surface area contributed by atoms with Gasteiger partial charge in [-0.1, -0.05) is 39.8 Å². The Kier molecular flexibility index (Phi) is 7.24. The van der Waals surface area contributed by atoms with Crippen molar-refractivity contribution in [2.75, 3.05) is 11.1 Å². The number of aliphatic imine (C=N–C) groups is 1. The van der Waals surface area contributed by atoms with E-state index in [0.717, 1.165) is 32.5 Å². The number of hydrogen-bond donors (Lipinski definition) is 2. The van der Waals surface area contributed by atoms with E-state index in [1.165, 1.54) is 29.5 Å². The van der Waals surface area contributed by atoms with Gasteiger partial charge in [0.15, 0.2) is 4.34 Å². The molecule has 4 rings (SSSR count). The zero-order chi connectivity index (χ0) is 24.3. The Morgan fingerprint density at radius 1 is 1.18 bits per heavy atom. The van der Waals surface area contributed by atoms with Crippen molar-refractivity contribution >= 4 is 72.7 Å². The van der Waals surface area contributed by atoms with E-state index in [1.807, 2.05) is 6.07 Å². The number of anilines is 1. The number of phenols is 1. The Hall–Kier alpha value is -2.89. The normalized spacial score (nSPS) is 11.9. The van der Waals surface area contributed by atoms with Crippen LogP contribution in [0.1, 0.15) is 11.1 Å². The molecule has 174 valence electrons. The molecule has 0 unspecified atom stereocenters. The van der Waals surface area contributed by atoms with Gasteiger partial charge >= 0.3 is 6.18 Å². The lowest BCUT2D eigenvalue weighted by Crippen LogP contribution is -2.18. The van der Waals surface area contributed by atoms with Crippen LogP contribution >= 0.6 is 39.0 Å². The van der Waals surface area contributed by atoms with E-state index in [9.17, 15) is 23.1 Å². The molecule has 1 amide bonds. The summed E-state index contributed by atoms with van der Waals surface area (Å²) in [6, 6.07) is 15.3. The van der Waals surface area contributed by atoms with Gasteiger partial charge in [0.25, 0.3) is 0 Å². The van der Waals surface area contributed by atoms with Crippen molar-refractivity contribution in [3.63, 3.8) is 0 Å². The number of carbonyl (C=O) groups is 1. The second-order valence-corrected chi connectivity index (χ2v) is 10.1. The zero-order valence-electron chi connectivity index (χ0n) is 17.1. The van der Waals surface area contributed by atoms with Crippen LogP contribution in [0.2, 0.25) is 0 Å². The van der Waals surface area contributed by atoms with Crippen LogP contribution in [-0.2, 0) is 11.0 Å². The molecule has 0 radical (unpaired) electrons. The predicted octanol–water partition coefficient (Wildman–Crippen LogP) is 7.26. The van der Waals surface area contributed by atoms with Crippen LogP contribution in [0.5, 0.6) is 5.75 Å². The molecule has 5 nitrogen and oxygen atoms in total. The number of para-hydroxylation sites is 1. The van der Waals surface area contributed by atoms with Gasteiger partial charge in [0.1, 0.15) is 5.75 Å². The van der Waals surface area contributed by atoms with E-state index in [1.54, 1.807) is 36.5 Å². The van der Waals surface area contributed by atoms with Crippen molar-refractivity contribution in [3.05, 3.63) is 76.3 Å². The summed E-state index contributed by atoms with van der Waals surface area (Å²) in [6.45, 7) is 0. The quantitative estimate of drug-likeness (QED) is 0.190. The van der Waals surface area contributed by atoms with Crippen molar-refractivity contribution in [2.24, 2.45) is 4.99 Å². The van der Waals surface area contributed by atoms with Gasteiger partial charge in [0.2, 0.25) is 5.91 Å². The van der Waals surface area contributed by atoms with Crippen LogP contribution in [-0.4, -0.2) is 28.0 Å². The number of carbonyl (C=O) groups excluding carboxylic acids is 1. The third-order valence-corrected chi connectivity index (χ3v) is 7.18. The minimum absolute atomic E-state index is 0.0841. The molecule has 0 bridgehead atoms. The number of benzene rings is 3. The van der Waals surface area contributed by atoms with Gasteiger partial charge in [0.05, 0.1) is 32.9 Å². The number of nitrogens with zero attached hydrogens (tertiary/aromatic N) is 2. The first-order chi connectivity index (χ1) is 16.2. The smallest absolute Gasteiger partial charge is 0.418 e. The van der Waals surface area contributed by atoms with E-state index in [-0.39, 0.29) is 17.2 Å². The molecule has 0 atom stereocenters. The van der Waals surface area contributed by atoms with E-state index >= 15 is 0 Å². The third-order valence-electron chi connectivity index (χ3n) is 4.53. The summed E-state index contributed by atoms with van der Waals surface area (Å²) in [6.07, 6.45) is -3.00. The molecule has 11 heteroatoms. The lowest BCUT2D eigenvalue weighted by atomic mass is 10.1. The summed E-state index contributed by atoms with van der Waals surface area (Å²) < 4.78 is 41.6. The van der Waals surface area contributed by atoms with Crippen molar-refractivity contribution < 1.29 is 23.1 Å². The van der Waals surface area contributed by atoms with Crippen molar-refractivity contribution in [1.29, 1.82) is 0 Å². The summed E-state index contributed by atoms with van der Waals surface area (Å²) in [5, 5.41) is 12.3. The highest BCUT2D eigenvalue weighted by atomic mass is 79.9. The SMILES string of the molecule is O=C(CSc1nc2ccc(N=Cc3cc(Br)ccc3O)cc2s1)Nc1ccccc1C(F)(F)F. The molecule has 2 N–H and O–H groups in total. The number of hydrogen-bond acceptors (Lipinski definition) is 6. The van der Waals surface area contributed by atoms with Gasteiger partial charge in [-0.3, -0.25) is 9.79 Å². The molecule has 0 aliphatic heterocycles.